The van der Waals surface area contributed by atoms with Crippen molar-refractivity contribution in [3.8, 4) is 11.1 Å². The van der Waals surface area contributed by atoms with Gasteiger partial charge >= 0.3 is 12.1 Å². The standard InChI is InChI=1S/C28H28N2O5/c1-18(15-26(31)32)29-27(33)25(16-19-9-3-2-4-10-19)30-28(34)35-17-24-22-13-7-5-11-20(22)21-12-6-8-14-23(21)24/h2-14,18,24-25H,15-17H2,1H3,(H,29,33)(H,30,34)(H,31,32)/t18-,25+/m1/s1. The van der Waals surface area contributed by atoms with Gasteiger partial charge in [-0.2, -0.15) is 0 Å². The Balaban J connectivity index is 1.44. The largest absolute Gasteiger partial charge is 0.481 e. The molecule has 7 nitrogen and oxygen atoms in total. The fourth-order valence-electron chi connectivity index (χ4n) is 4.50. The zero-order valence-corrected chi connectivity index (χ0v) is 19.4. The number of ether oxygens (including phenoxy) is 1. The van der Waals surface area contributed by atoms with E-state index in [0.717, 1.165) is 27.8 Å². The Hall–Kier alpha value is -4.13. The van der Waals surface area contributed by atoms with Gasteiger partial charge in [-0.1, -0.05) is 78.9 Å². The second kappa shape index (κ2) is 10.9. The van der Waals surface area contributed by atoms with Crippen LogP contribution in [0.5, 0.6) is 0 Å². The maximum Gasteiger partial charge on any atom is 0.407 e. The SMILES string of the molecule is C[C@H](CC(=O)O)NC(=O)[C@H](Cc1ccccc1)NC(=O)OCC1c2ccccc2-c2ccccc21. The van der Waals surface area contributed by atoms with Crippen LogP contribution in [0.1, 0.15) is 36.0 Å². The molecule has 0 saturated carbocycles. The molecule has 0 aliphatic heterocycles. The highest BCUT2D eigenvalue weighted by Crippen LogP contribution is 2.44. The summed E-state index contributed by atoms with van der Waals surface area (Å²) >= 11 is 0. The van der Waals surface area contributed by atoms with Crippen LogP contribution in [0.4, 0.5) is 4.79 Å². The molecule has 3 aromatic rings. The zero-order valence-electron chi connectivity index (χ0n) is 19.4. The fraction of sp³-hybridized carbons (Fsp3) is 0.250. The van der Waals surface area contributed by atoms with Crippen LogP contribution >= 0.6 is 0 Å². The van der Waals surface area contributed by atoms with Crippen LogP contribution in [-0.2, 0) is 20.7 Å². The van der Waals surface area contributed by atoms with Gasteiger partial charge in [0.25, 0.3) is 0 Å². The van der Waals surface area contributed by atoms with Crippen LogP contribution in [0, 0.1) is 0 Å². The van der Waals surface area contributed by atoms with E-state index in [1.807, 2.05) is 66.7 Å². The van der Waals surface area contributed by atoms with E-state index in [9.17, 15) is 14.4 Å². The number of hydrogen-bond acceptors (Lipinski definition) is 4. The zero-order chi connectivity index (χ0) is 24.8. The van der Waals surface area contributed by atoms with Crippen LogP contribution in [0.15, 0.2) is 78.9 Å². The predicted molar refractivity (Wildman–Crippen MR) is 132 cm³/mol. The average Bonchev–Trinajstić information content (AvgIpc) is 3.16. The van der Waals surface area contributed by atoms with E-state index in [0.29, 0.717) is 0 Å². The third-order valence-electron chi connectivity index (χ3n) is 6.10. The van der Waals surface area contributed by atoms with Gasteiger partial charge in [0, 0.05) is 18.4 Å². The quantitative estimate of drug-likeness (QED) is 0.435. The molecule has 0 heterocycles. The van der Waals surface area contributed by atoms with E-state index in [2.05, 4.69) is 22.8 Å². The summed E-state index contributed by atoms with van der Waals surface area (Å²) in [5.41, 5.74) is 5.32. The monoisotopic (exact) mass is 472 g/mol. The Bertz CT molecular complexity index is 1170. The van der Waals surface area contributed by atoms with Crippen molar-refractivity contribution < 1.29 is 24.2 Å². The minimum atomic E-state index is -1.01. The van der Waals surface area contributed by atoms with E-state index in [4.69, 9.17) is 9.84 Å². The lowest BCUT2D eigenvalue weighted by atomic mass is 9.98. The summed E-state index contributed by atoms with van der Waals surface area (Å²) in [6.07, 6.45) is -0.667. The lowest BCUT2D eigenvalue weighted by molar-refractivity contribution is -0.137. The number of rotatable bonds is 9. The Morgan fingerprint density at radius 2 is 1.43 bits per heavy atom. The molecule has 0 saturated heterocycles. The van der Waals surface area contributed by atoms with Gasteiger partial charge in [-0.15, -0.1) is 0 Å². The fourth-order valence-corrected chi connectivity index (χ4v) is 4.50. The Labute approximate surface area is 204 Å². The van der Waals surface area contributed by atoms with Crippen molar-refractivity contribution in [2.24, 2.45) is 0 Å². The first-order chi connectivity index (χ1) is 16.9. The molecule has 0 bridgehead atoms. The highest BCUT2D eigenvalue weighted by Gasteiger charge is 2.30. The van der Waals surface area contributed by atoms with Crippen molar-refractivity contribution in [1.29, 1.82) is 0 Å². The predicted octanol–water partition coefficient (Wildman–Crippen LogP) is 4.12. The summed E-state index contributed by atoms with van der Waals surface area (Å²) in [4.78, 5) is 36.6. The molecule has 180 valence electrons. The van der Waals surface area contributed by atoms with Crippen molar-refractivity contribution in [3.63, 3.8) is 0 Å². The summed E-state index contributed by atoms with van der Waals surface area (Å²) in [5, 5.41) is 14.3. The van der Waals surface area contributed by atoms with Gasteiger partial charge in [0.15, 0.2) is 0 Å². The molecule has 2 amide bonds. The third-order valence-corrected chi connectivity index (χ3v) is 6.10. The topological polar surface area (TPSA) is 105 Å². The molecule has 35 heavy (non-hydrogen) atoms. The molecule has 4 rings (SSSR count). The number of amides is 2. The molecule has 1 aliphatic rings. The molecule has 3 N–H and O–H groups in total. The summed E-state index contributed by atoms with van der Waals surface area (Å²) in [5.74, 6) is -1.57. The van der Waals surface area contributed by atoms with Crippen molar-refractivity contribution in [1.82, 2.24) is 10.6 Å². The van der Waals surface area contributed by atoms with Gasteiger partial charge in [0.1, 0.15) is 12.6 Å². The lowest BCUT2D eigenvalue weighted by Gasteiger charge is -2.21. The number of carboxylic acids is 1. The number of alkyl carbamates (subject to hydrolysis) is 1. The molecule has 2 atom stereocenters. The van der Waals surface area contributed by atoms with Gasteiger partial charge < -0.3 is 20.5 Å². The molecule has 0 spiro atoms. The number of hydrogen-bond donors (Lipinski definition) is 3. The van der Waals surface area contributed by atoms with Crippen molar-refractivity contribution >= 4 is 18.0 Å². The Morgan fingerprint density at radius 1 is 0.857 bits per heavy atom. The van der Waals surface area contributed by atoms with Crippen molar-refractivity contribution in [3.05, 3.63) is 95.6 Å². The van der Waals surface area contributed by atoms with Crippen LogP contribution in [0.2, 0.25) is 0 Å². The first-order valence-corrected chi connectivity index (χ1v) is 11.6. The van der Waals surface area contributed by atoms with Crippen LogP contribution in [0.3, 0.4) is 0 Å². The molecule has 0 radical (unpaired) electrons. The van der Waals surface area contributed by atoms with Gasteiger partial charge in [-0.05, 0) is 34.7 Å². The van der Waals surface area contributed by atoms with Crippen molar-refractivity contribution in [2.75, 3.05) is 6.61 Å². The molecule has 3 aromatic carbocycles. The van der Waals surface area contributed by atoms with E-state index in [-0.39, 0.29) is 25.4 Å². The number of benzene rings is 3. The summed E-state index contributed by atoms with van der Waals surface area (Å²) < 4.78 is 5.60. The number of carbonyl (C=O) groups is 3. The molecule has 0 aromatic heterocycles. The van der Waals surface area contributed by atoms with Gasteiger partial charge in [0.05, 0.1) is 6.42 Å². The van der Waals surface area contributed by atoms with E-state index in [1.165, 1.54) is 0 Å². The van der Waals surface area contributed by atoms with E-state index < -0.39 is 30.1 Å². The number of aliphatic carboxylic acids is 1. The minimum Gasteiger partial charge on any atom is -0.481 e. The second-order valence-corrected chi connectivity index (χ2v) is 8.72. The van der Waals surface area contributed by atoms with Gasteiger partial charge in [-0.3, -0.25) is 9.59 Å². The lowest BCUT2D eigenvalue weighted by Crippen LogP contribution is -2.50. The van der Waals surface area contributed by atoms with Crippen molar-refractivity contribution in [2.45, 2.75) is 37.8 Å². The second-order valence-electron chi connectivity index (χ2n) is 8.72. The molecule has 1 aliphatic carbocycles. The van der Waals surface area contributed by atoms with E-state index >= 15 is 0 Å². The molecule has 0 fully saturated rings. The summed E-state index contributed by atoms with van der Waals surface area (Å²) in [7, 11) is 0. The Morgan fingerprint density at radius 3 is 2.03 bits per heavy atom. The summed E-state index contributed by atoms with van der Waals surface area (Å²) in [6, 6.07) is 23.9. The van der Waals surface area contributed by atoms with Crippen LogP contribution in [-0.4, -0.2) is 41.8 Å². The first kappa shape index (κ1) is 24.0. The van der Waals surface area contributed by atoms with Crippen LogP contribution in [0.25, 0.3) is 11.1 Å². The number of carbonyl (C=O) groups excluding carboxylic acids is 2. The minimum absolute atomic E-state index is 0.0925. The number of carboxylic acid groups (broad SMARTS) is 1. The average molecular weight is 473 g/mol. The summed E-state index contributed by atoms with van der Waals surface area (Å²) in [6.45, 7) is 1.74. The third kappa shape index (κ3) is 5.87. The highest BCUT2D eigenvalue weighted by atomic mass is 16.5. The Kier molecular flexibility index (Phi) is 7.45. The normalized spacial score (nSPS) is 13.7. The van der Waals surface area contributed by atoms with Gasteiger partial charge in [0.2, 0.25) is 5.91 Å². The maximum atomic E-state index is 12.9. The van der Waals surface area contributed by atoms with Gasteiger partial charge in [-0.25, -0.2) is 4.79 Å². The molecule has 7 heteroatoms. The molecule has 0 unspecified atom stereocenters. The first-order valence-electron chi connectivity index (χ1n) is 11.6. The maximum absolute atomic E-state index is 12.9. The molecular formula is C28H28N2O5. The number of fused-ring (bicyclic) bond motifs is 3. The smallest absolute Gasteiger partial charge is 0.407 e. The molecular weight excluding hydrogens is 444 g/mol. The van der Waals surface area contributed by atoms with E-state index in [1.54, 1.807) is 6.92 Å². The highest BCUT2D eigenvalue weighted by molar-refractivity contribution is 5.86. The van der Waals surface area contributed by atoms with Crippen LogP contribution < -0.4 is 10.6 Å². The number of nitrogens with one attached hydrogen (secondary N) is 2.